The zero-order valence-corrected chi connectivity index (χ0v) is 11.2. The van der Waals surface area contributed by atoms with Gasteiger partial charge in [0, 0.05) is 30.2 Å². The second kappa shape index (κ2) is 6.04. The highest BCUT2D eigenvalue weighted by molar-refractivity contribution is 5.95. The number of aryl methyl sites for hydroxylation is 1. The topological polar surface area (TPSA) is 69.8 Å². The number of amides is 1. The van der Waals surface area contributed by atoms with E-state index in [1.165, 1.54) is 0 Å². The lowest BCUT2D eigenvalue weighted by atomic mass is 10.1. The van der Waals surface area contributed by atoms with E-state index in [9.17, 15) is 4.79 Å². The molecule has 1 aromatic carbocycles. The second-order valence-corrected chi connectivity index (χ2v) is 4.28. The molecule has 1 amide bonds. The summed E-state index contributed by atoms with van der Waals surface area (Å²) in [4.78, 5) is 19.0. The molecule has 0 saturated carbocycles. The van der Waals surface area contributed by atoms with Crippen molar-refractivity contribution >= 4 is 11.6 Å². The van der Waals surface area contributed by atoms with Crippen LogP contribution in [-0.2, 0) is 6.54 Å². The molecule has 0 fully saturated rings. The fourth-order valence-corrected chi connectivity index (χ4v) is 1.79. The summed E-state index contributed by atoms with van der Waals surface area (Å²) in [5.74, 6) is 0.811. The maximum absolute atomic E-state index is 11.8. The molecule has 19 heavy (non-hydrogen) atoms. The average molecular weight is 258 g/mol. The number of benzene rings is 1. The Morgan fingerprint density at radius 3 is 2.95 bits per heavy atom. The van der Waals surface area contributed by atoms with Gasteiger partial charge in [0.2, 0.25) is 0 Å². The van der Waals surface area contributed by atoms with Crippen LogP contribution >= 0.6 is 0 Å². The Balaban J connectivity index is 2.10. The lowest BCUT2D eigenvalue weighted by molar-refractivity contribution is 0.0956. The molecule has 0 aliphatic carbocycles. The molecule has 0 atom stereocenters. The van der Waals surface area contributed by atoms with Crippen LogP contribution < -0.4 is 10.6 Å². The number of aromatic nitrogens is 2. The normalized spacial score (nSPS) is 10.2. The number of carbonyl (C=O) groups excluding carboxylic acids is 1. The van der Waals surface area contributed by atoms with Crippen molar-refractivity contribution in [3.05, 3.63) is 47.5 Å². The van der Waals surface area contributed by atoms with Crippen LogP contribution in [0.1, 0.15) is 28.7 Å². The summed E-state index contributed by atoms with van der Waals surface area (Å²) in [6.07, 6.45) is 3.50. The smallest absolute Gasteiger partial charge is 0.251 e. The van der Waals surface area contributed by atoms with Gasteiger partial charge >= 0.3 is 0 Å². The van der Waals surface area contributed by atoms with Gasteiger partial charge in [0.15, 0.2) is 0 Å². The van der Waals surface area contributed by atoms with Crippen molar-refractivity contribution in [2.75, 3.05) is 11.9 Å². The number of aromatic amines is 1. The summed E-state index contributed by atoms with van der Waals surface area (Å²) in [5, 5.41) is 6.07. The molecule has 0 saturated heterocycles. The van der Waals surface area contributed by atoms with E-state index in [4.69, 9.17) is 0 Å². The molecular weight excluding hydrogens is 240 g/mol. The van der Waals surface area contributed by atoms with Gasteiger partial charge in [-0.1, -0.05) is 6.07 Å². The molecule has 0 spiro atoms. The summed E-state index contributed by atoms with van der Waals surface area (Å²) in [7, 11) is 0. The summed E-state index contributed by atoms with van der Waals surface area (Å²) in [6, 6.07) is 5.64. The van der Waals surface area contributed by atoms with Crippen LogP contribution in [0.15, 0.2) is 30.6 Å². The first kappa shape index (κ1) is 13.1. The summed E-state index contributed by atoms with van der Waals surface area (Å²) in [5.41, 5.74) is 2.70. The Bertz CT molecular complexity index is 549. The lowest BCUT2D eigenvalue weighted by Crippen LogP contribution is -2.22. The molecule has 2 rings (SSSR count). The van der Waals surface area contributed by atoms with Crippen molar-refractivity contribution in [3.63, 3.8) is 0 Å². The molecule has 0 radical (unpaired) electrons. The highest BCUT2D eigenvalue weighted by atomic mass is 16.1. The van der Waals surface area contributed by atoms with Crippen molar-refractivity contribution in [2.45, 2.75) is 20.4 Å². The van der Waals surface area contributed by atoms with Crippen molar-refractivity contribution in [1.29, 1.82) is 0 Å². The van der Waals surface area contributed by atoms with Crippen molar-refractivity contribution in [1.82, 2.24) is 15.3 Å². The largest absolute Gasteiger partial charge is 0.378 e. The standard InChI is InChI=1S/C14H18N4O/c1-3-15-14(19)11-5-4-10(2)12(8-11)18-9-13-16-6-7-17-13/h4-8,18H,3,9H2,1-2H3,(H,15,19)(H,16,17). The Morgan fingerprint density at radius 1 is 1.42 bits per heavy atom. The monoisotopic (exact) mass is 258 g/mol. The van der Waals surface area contributed by atoms with Gasteiger partial charge in [0.05, 0.1) is 6.54 Å². The fourth-order valence-electron chi connectivity index (χ4n) is 1.79. The van der Waals surface area contributed by atoms with E-state index in [2.05, 4.69) is 20.6 Å². The van der Waals surface area contributed by atoms with Crippen molar-refractivity contribution < 1.29 is 4.79 Å². The molecule has 0 bridgehead atoms. The van der Waals surface area contributed by atoms with E-state index in [1.54, 1.807) is 12.4 Å². The van der Waals surface area contributed by atoms with E-state index >= 15 is 0 Å². The first-order valence-electron chi connectivity index (χ1n) is 6.31. The van der Waals surface area contributed by atoms with E-state index in [0.717, 1.165) is 17.1 Å². The molecule has 1 aromatic heterocycles. The molecule has 3 N–H and O–H groups in total. The predicted octanol–water partition coefficient (Wildman–Crippen LogP) is 2.08. The first-order chi connectivity index (χ1) is 9.20. The van der Waals surface area contributed by atoms with E-state index < -0.39 is 0 Å². The number of hydrogen-bond donors (Lipinski definition) is 3. The van der Waals surface area contributed by atoms with Crippen LogP contribution in [0.4, 0.5) is 5.69 Å². The van der Waals surface area contributed by atoms with Crippen LogP contribution in [0, 0.1) is 6.92 Å². The Hall–Kier alpha value is -2.30. The molecular formula is C14H18N4O. The Labute approximate surface area is 112 Å². The van der Waals surface area contributed by atoms with E-state index in [0.29, 0.717) is 18.7 Å². The zero-order valence-electron chi connectivity index (χ0n) is 11.2. The molecule has 5 heteroatoms. The number of anilines is 1. The minimum absolute atomic E-state index is 0.0523. The van der Waals surface area contributed by atoms with Gasteiger partial charge in [-0.15, -0.1) is 0 Å². The quantitative estimate of drug-likeness (QED) is 0.769. The molecule has 1 heterocycles. The minimum atomic E-state index is -0.0523. The van der Waals surface area contributed by atoms with Gasteiger partial charge in [-0.2, -0.15) is 0 Å². The highest BCUT2D eigenvalue weighted by Crippen LogP contribution is 2.17. The number of nitrogens with one attached hydrogen (secondary N) is 3. The van der Waals surface area contributed by atoms with Gasteiger partial charge in [-0.3, -0.25) is 4.79 Å². The third-order valence-corrected chi connectivity index (χ3v) is 2.84. The summed E-state index contributed by atoms with van der Waals surface area (Å²) < 4.78 is 0. The van der Waals surface area contributed by atoms with E-state index in [1.807, 2.05) is 32.0 Å². The Kier molecular flexibility index (Phi) is 4.18. The maximum atomic E-state index is 11.8. The van der Waals surface area contributed by atoms with E-state index in [-0.39, 0.29) is 5.91 Å². The number of imidazole rings is 1. The predicted molar refractivity (Wildman–Crippen MR) is 75.1 cm³/mol. The van der Waals surface area contributed by atoms with Crippen molar-refractivity contribution in [3.8, 4) is 0 Å². The Morgan fingerprint density at radius 2 is 2.26 bits per heavy atom. The fraction of sp³-hybridized carbons (Fsp3) is 0.286. The lowest BCUT2D eigenvalue weighted by Gasteiger charge is -2.10. The summed E-state index contributed by atoms with van der Waals surface area (Å²) >= 11 is 0. The zero-order chi connectivity index (χ0) is 13.7. The van der Waals surface area contributed by atoms with Gasteiger partial charge in [0.1, 0.15) is 5.82 Å². The van der Waals surface area contributed by atoms with Crippen molar-refractivity contribution in [2.24, 2.45) is 0 Å². The van der Waals surface area contributed by atoms with Gasteiger partial charge in [0.25, 0.3) is 5.91 Å². The molecule has 5 nitrogen and oxygen atoms in total. The summed E-state index contributed by atoms with van der Waals surface area (Å²) in [6.45, 7) is 5.14. The number of nitrogens with zero attached hydrogens (tertiary/aromatic N) is 1. The van der Waals surface area contributed by atoms with Crippen LogP contribution in [0.3, 0.4) is 0 Å². The molecule has 0 unspecified atom stereocenters. The molecule has 0 aliphatic heterocycles. The first-order valence-corrected chi connectivity index (χ1v) is 6.31. The highest BCUT2D eigenvalue weighted by Gasteiger charge is 2.07. The molecule has 2 aromatic rings. The minimum Gasteiger partial charge on any atom is -0.378 e. The van der Waals surface area contributed by atoms with Crippen LogP contribution in [0.25, 0.3) is 0 Å². The molecule has 0 aliphatic rings. The van der Waals surface area contributed by atoms with Crippen LogP contribution in [-0.4, -0.2) is 22.4 Å². The van der Waals surface area contributed by atoms with Gasteiger partial charge in [-0.25, -0.2) is 4.98 Å². The number of rotatable bonds is 5. The number of hydrogen-bond acceptors (Lipinski definition) is 3. The SMILES string of the molecule is CCNC(=O)c1ccc(C)c(NCc2ncc[nH]2)c1. The second-order valence-electron chi connectivity index (χ2n) is 4.28. The average Bonchev–Trinajstić information content (AvgIpc) is 2.91. The third-order valence-electron chi connectivity index (χ3n) is 2.84. The third kappa shape index (κ3) is 3.34. The van der Waals surface area contributed by atoms with Crippen LogP contribution in [0.5, 0.6) is 0 Å². The number of H-pyrrole nitrogens is 1. The molecule has 100 valence electrons. The van der Waals surface area contributed by atoms with Gasteiger partial charge in [-0.05, 0) is 31.5 Å². The maximum Gasteiger partial charge on any atom is 0.251 e. The van der Waals surface area contributed by atoms with Crippen LogP contribution in [0.2, 0.25) is 0 Å². The number of carbonyl (C=O) groups is 1. The van der Waals surface area contributed by atoms with Gasteiger partial charge < -0.3 is 15.6 Å².